The number of hydrogen-bond donors (Lipinski definition) is 1. The normalized spacial score (nSPS) is 10.8. The van der Waals surface area contributed by atoms with Gasteiger partial charge < -0.3 is 4.74 Å². The molecule has 1 rings (SSSR count). The second-order valence-electron chi connectivity index (χ2n) is 3.88. The standard InChI is InChI=1S/C12H15NO5S/c1-9(14)10-4-3-5-11(8-10)13-19(16,17)7-6-12(15)18-2/h3-5,8,13H,6-7H2,1-2H3. The van der Waals surface area contributed by atoms with E-state index in [0.717, 1.165) is 0 Å². The van der Waals surface area contributed by atoms with Crippen molar-refractivity contribution in [2.75, 3.05) is 17.6 Å². The molecule has 0 aromatic heterocycles. The minimum absolute atomic E-state index is 0.157. The van der Waals surface area contributed by atoms with Crippen LogP contribution in [-0.2, 0) is 19.6 Å². The zero-order chi connectivity index (χ0) is 14.5. The third-order valence-corrected chi connectivity index (χ3v) is 3.63. The van der Waals surface area contributed by atoms with E-state index >= 15 is 0 Å². The smallest absolute Gasteiger partial charge is 0.306 e. The summed E-state index contributed by atoms with van der Waals surface area (Å²) in [6, 6.07) is 6.14. The first-order chi connectivity index (χ1) is 8.84. The van der Waals surface area contributed by atoms with Crippen LogP contribution in [0.4, 0.5) is 5.69 Å². The van der Waals surface area contributed by atoms with Gasteiger partial charge in [0.15, 0.2) is 5.78 Å². The van der Waals surface area contributed by atoms with Gasteiger partial charge in [-0.1, -0.05) is 12.1 Å². The first-order valence-corrected chi connectivity index (χ1v) is 7.17. The number of ketones is 1. The van der Waals surface area contributed by atoms with Crippen molar-refractivity contribution in [1.82, 2.24) is 0 Å². The summed E-state index contributed by atoms with van der Waals surface area (Å²) >= 11 is 0. The average Bonchev–Trinajstić information content (AvgIpc) is 2.35. The fourth-order valence-electron chi connectivity index (χ4n) is 1.35. The van der Waals surface area contributed by atoms with Crippen molar-refractivity contribution in [3.63, 3.8) is 0 Å². The van der Waals surface area contributed by atoms with E-state index in [0.29, 0.717) is 5.56 Å². The average molecular weight is 285 g/mol. The Bertz CT molecular complexity index is 580. The Balaban J connectivity index is 2.75. The summed E-state index contributed by atoms with van der Waals surface area (Å²) in [4.78, 5) is 22.1. The first kappa shape index (κ1) is 15.2. The van der Waals surface area contributed by atoms with Crippen LogP contribution in [0.2, 0.25) is 0 Å². The van der Waals surface area contributed by atoms with Gasteiger partial charge in [0, 0.05) is 11.3 Å². The summed E-state index contributed by atoms with van der Waals surface area (Å²) in [7, 11) is -2.45. The number of Topliss-reactive ketones (excluding diaryl/α,β-unsaturated/α-hetero) is 1. The van der Waals surface area contributed by atoms with Crippen molar-refractivity contribution in [3.05, 3.63) is 29.8 Å². The lowest BCUT2D eigenvalue weighted by Crippen LogP contribution is -2.19. The molecule has 0 aliphatic heterocycles. The summed E-state index contributed by atoms with van der Waals surface area (Å²) in [6.07, 6.45) is -0.224. The van der Waals surface area contributed by atoms with Crippen LogP contribution in [0.25, 0.3) is 0 Å². The molecule has 0 atom stereocenters. The number of carbonyl (C=O) groups is 2. The second kappa shape index (κ2) is 6.33. The van der Waals surface area contributed by atoms with Crippen molar-refractivity contribution < 1.29 is 22.7 Å². The van der Waals surface area contributed by atoms with Crippen LogP contribution < -0.4 is 4.72 Å². The van der Waals surface area contributed by atoms with Gasteiger partial charge in [-0.25, -0.2) is 8.42 Å². The number of benzene rings is 1. The van der Waals surface area contributed by atoms with Crippen molar-refractivity contribution in [2.45, 2.75) is 13.3 Å². The molecule has 0 fully saturated rings. The van der Waals surface area contributed by atoms with Crippen LogP contribution in [0.15, 0.2) is 24.3 Å². The van der Waals surface area contributed by atoms with Crippen LogP contribution in [0.3, 0.4) is 0 Å². The maximum atomic E-state index is 11.7. The third kappa shape index (κ3) is 5.09. The van der Waals surface area contributed by atoms with Crippen molar-refractivity contribution in [1.29, 1.82) is 0 Å². The van der Waals surface area contributed by atoms with Crippen LogP contribution in [-0.4, -0.2) is 33.0 Å². The fourth-order valence-corrected chi connectivity index (χ4v) is 2.38. The Morgan fingerprint density at radius 1 is 1.32 bits per heavy atom. The molecule has 19 heavy (non-hydrogen) atoms. The van der Waals surface area contributed by atoms with E-state index in [1.807, 2.05) is 0 Å². The zero-order valence-electron chi connectivity index (χ0n) is 10.7. The highest BCUT2D eigenvalue weighted by atomic mass is 32.2. The van der Waals surface area contributed by atoms with E-state index in [1.165, 1.54) is 26.2 Å². The van der Waals surface area contributed by atoms with E-state index in [9.17, 15) is 18.0 Å². The summed E-state index contributed by atoms with van der Waals surface area (Å²) in [6.45, 7) is 1.39. The predicted molar refractivity (Wildman–Crippen MR) is 70.5 cm³/mol. The molecule has 1 N–H and O–H groups in total. The molecule has 0 spiro atoms. The van der Waals surface area contributed by atoms with Crippen molar-refractivity contribution in [3.8, 4) is 0 Å². The monoisotopic (exact) mass is 285 g/mol. The van der Waals surface area contributed by atoms with Gasteiger partial charge in [-0.15, -0.1) is 0 Å². The van der Waals surface area contributed by atoms with Gasteiger partial charge in [0.05, 0.1) is 19.3 Å². The van der Waals surface area contributed by atoms with Gasteiger partial charge in [0.25, 0.3) is 0 Å². The molecular weight excluding hydrogens is 270 g/mol. The number of carbonyl (C=O) groups excluding carboxylic acids is 2. The van der Waals surface area contributed by atoms with Crippen LogP contribution >= 0.6 is 0 Å². The maximum absolute atomic E-state index is 11.7. The van der Waals surface area contributed by atoms with E-state index in [4.69, 9.17) is 0 Å². The Morgan fingerprint density at radius 2 is 2.00 bits per heavy atom. The number of methoxy groups -OCH3 is 1. The molecule has 0 radical (unpaired) electrons. The Hall–Kier alpha value is -1.89. The maximum Gasteiger partial charge on any atom is 0.306 e. The zero-order valence-corrected chi connectivity index (χ0v) is 11.5. The van der Waals surface area contributed by atoms with Gasteiger partial charge in [-0.2, -0.15) is 0 Å². The van der Waals surface area contributed by atoms with Gasteiger partial charge in [0.1, 0.15) is 0 Å². The lowest BCUT2D eigenvalue weighted by molar-refractivity contribution is -0.140. The molecule has 6 nitrogen and oxygen atoms in total. The topological polar surface area (TPSA) is 89.5 Å². The van der Waals surface area contributed by atoms with E-state index in [1.54, 1.807) is 12.1 Å². The molecule has 0 saturated heterocycles. The number of anilines is 1. The number of ether oxygens (including phenoxy) is 1. The Morgan fingerprint density at radius 3 is 2.58 bits per heavy atom. The minimum atomic E-state index is -3.64. The van der Waals surface area contributed by atoms with E-state index in [2.05, 4.69) is 9.46 Å². The highest BCUT2D eigenvalue weighted by Gasteiger charge is 2.14. The van der Waals surface area contributed by atoms with Gasteiger partial charge in [0.2, 0.25) is 10.0 Å². The second-order valence-corrected chi connectivity index (χ2v) is 5.73. The molecule has 104 valence electrons. The first-order valence-electron chi connectivity index (χ1n) is 5.52. The van der Waals surface area contributed by atoms with Crippen LogP contribution in [0.5, 0.6) is 0 Å². The highest BCUT2D eigenvalue weighted by Crippen LogP contribution is 2.13. The summed E-state index contributed by atoms with van der Waals surface area (Å²) in [5.74, 6) is -1.12. The molecule has 0 bridgehead atoms. The van der Waals surface area contributed by atoms with Gasteiger partial charge in [-0.05, 0) is 19.1 Å². The molecular formula is C12H15NO5S. The highest BCUT2D eigenvalue weighted by molar-refractivity contribution is 7.92. The predicted octanol–water partition coefficient (Wildman–Crippen LogP) is 1.19. The van der Waals surface area contributed by atoms with Crippen molar-refractivity contribution >= 4 is 27.5 Å². The lowest BCUT2D eigenvalue weighted by Gasteiger charge is -2.08. The largest absolute Gasteiger partial charge is 0.469 e. The molecule has 7 heteroatoms. The Kier molecular flexibility index (Phi) is 5.05. The SMILES string of the molecule is COC(=O)CCS(=O)(=O)Nc1cccc(C(C)=O)c1. The molecule has 0 aliphatic rings. The number of sulfonamides is 1. The summed E-state index contributed by atoms with van der Waals surface area (Å²) in [5, 5.41) is 0. The molecule has 0 aliphatic carbocycles. The third-order valence-electron chi connectivity index (χ3n) is 2.35. The molecule has 1 aromatic carbocycles. The van der Waals surface area contributed by atoms with Crippen molar-refractivity contribution in [2.24, 2.45) is 0 Å². The molecule has 0 saturated carbocycles. The fraction of sp³-hybridized carbons (Fsp3) is 0.333. The van der Waals surface area contributed by atoms with Crippen LogP contribution in [0.1, 0.15) is 23.7 Å². The van der Waals surface area contributed by atoms with Gasteiger partial charge >= 0.3 is 5.97 Å². The molecule has 1 aromatic rings. The summed E-state index contributed by atoms with van der Waals surface area (Å²) in [5.41, 5.74) is 0.700. The number of hydrogen-bond acceptors (Lipinski definition) is 5. The molecule has 0 heterocycles. The van der Waals surface area contributed by atoms with Crippen LogP contribution in [0, 0.1) is 0 Å². The molecule has 0 amide bonds. The Labute approximate surface area is 111 Å². The van der Waals surface area contributed by atoms with Gasteiger partial charge in [-0.3, -0.25) is 14.3 Å². The quantitative estimate of drug-likeness (QED) is 0.626. The lowest BCUT2D eigenvalue weighted by atomic mass is 10.1. The summed E-state index contributed by atoms with van der Waals surface area (Å²) < 4.78 is 30.1. The number of rotatable bonds is 6. The van der Waals surface area contributed by atoms with E-state index < -0.39 is 16.0 Å². The number of nitrogens with one attached hydrogen (secondary N) is 1. The molecule has 0 unspecified atom stereocenters. The minimum Gasteiger partial charge on any atom is -0.469 e. The number of esters is 1. The van der Waals surface area contributed by atoms with E-state index in [-0.39, 0.29) is 23.6 Å².